The fraction of sp³-hybridized carbons (Fsp3) is 0.127. The molecule has 0 aliphatic rings. The third kappa shape index (κ3) is 10.5. The van der Waals surface area contributed by atoms with Gasteiger partial charge in [-0.3, -0.25) is 24.4 Å². The smallest absolute Gasteiger partial charge is 0.267 e. The number of aromatic nitrogens is 6. The van der Waals surface area contributed by atoms with Crippen molar-refractivity contribution in [3.63, 3.8) is 0 Å². The lowest BCUT2D eigenvalue weighted by Crippen LogP contribution is -2.24. The monoisotopic (exact) mass is 968 g/mol. The first kappa shape index (κ1) is 48.3. The number of anilines is 12. The third-order valence-corrected chi connectivity index (χ3v) is 12.8. The molecule has 0 atom stereocenters. The summed E-state index contributed by atoms with van der Waals surface area (Å²) in [5.41, 5.74) is 15.0. The molecular weight excluding hydrogens is 913 g/mol. The van der Waals surface area contributed by atoms with E-state index in [0.29, 0.717) is 0 Å². The van der Waals surface area contributed by atoms with Crippen molar-refractivity contribution < 1.29 is 4.79 Å². The Morgan fingerprint density at radius 3 is 0.500 bits per heavy atom. The summed E-state index contributed by atoms with van der Waals surface area (Å²) < 4.78 is 0. The third-order valence-electron chi connectivity index (χ3n) is 12.8. The van der Waals surface area contributed by atoms with E-state index in [1.165, 1.54) is 0 Å². The Morgan fingerprint density at radius 1 is 0.230 bits per heavy atom. The molecule has 2 heterocycles. The topological polar surface area (TPSA) is 107 Å². The van der Waals surface area contributed by atoms with E-state index in [1.807, 2.05) is 269 Å². The number of aryl methyl sites for hydroxylation is 8. The number of rotatable bonds is 14. The lowest BCUT2D eigenvalue weighted by Gasteiger charge is -2.28. The van der Waals surface area contributed by atoms with Crippen LogP contribution in [-0.2, 0) is 0 Å². The van der Waals surface area contributed by atoms with E-state index in [0.717, 1.165) is 90.0 Å². The van der Waals surface area contributed by atoms with Gasteiger partial charge in [-0.15, -0.1) is 0 Å². The molecule has 0 amide bonds. The molecule has 11 nitrogen and oxygen atoms in total. The van der Waals surface area contributed by atoms with Crippen LogP contribution in [0.3, 0.4) is 0 Å². The summed E-state index contributed by atoms with van der Waals surface area (Å²) in [5.74, 6) is -0.121. The maximum absolute atomic E-state index is 16.0. The summed E-state index contributed by atoms with van der Waals surface area (Å²) in [6, 6.07) is 65.2. The predicted octanol–water partition coefficient (Wildman–Crippen LogP) is 15.6. The molecule has 0 saturated heterocycles. The van der Waals surface area contributed by atoms with Gasteiger partial charge in [0.25, 0.3) is 5.78 Å². The molecule has 0 aliphatic carbocycles. The standard InChI is InChI=1S/C63H56N10O/c1-41-9-25-49(26-10-41)70(50-27-11-42(2)12-28-50)60-64-58(65-61(68-60)71(51-29-13-43(3)14-30-51)52-31-15-44(4)16-32-52)57(74)59-66-62(72(53-33-17-45(5)18-34-53)54-35-19-46(6)20-36-54)69-63(67-59)73(55-37-21-47(7)22-38-55)56-39-23-48(8)24-40-56/h9-40H,1-8H3. The van der Waals surface area contributed by atoms with Crippen molar-refractivity contribution >= 4 is 75.1 Å². The van der Waals surface area contributed by atoms with Crippen molar-refractivity contribution in [2.24, 2.45) is 0 Å². The molecule has 0 N–H and O–H groups in total. The summed E-state index contributed by atoms with van der Waals surface area (Å²) in [6.45, 7) is 16.4. The van der Waals surface area contributed by atoms with Crippen LogP contribution in [-0.4, -0.2) is 35.7 Å². The molecule has 0 radical (unpaired) electrons. The van der Waals surface area contributed by atoms with Crippen LogP contribution < -0.4 is 19.6 Å². The molecule has 2 aromatic heterocycles. The van der Waals surface area contributed by atoms with Crippen LogP contribution in [0.25, 0.3) is 0 Å². The molecule has 0 bridgehead atoms. The first-order valence-corrected chi connectivity index (χ1v) is 24.6. The normalized spacial score (nSPS) is 11.0. The maximum Gasteiger partial charge on any atom is 0.267 e. The Hall–Kier alpha value is -9.35. The second-order valence-electron chi connectivity index (χ2n) is 18.9. The van der Waals surface area contributed by atoms with Crippen LogP contribution in [0, 0.1) is 55.4 Å². The number of carbonyl (C=O) groups excluding carboxylic acids is 1. The van der Waals surface area contributed by atoms with E-state index in [9.17, 15) is 0 Å². The van der Waals surface area contributed by atoms with Crippen molar-refractivity contribution in [1.29, 1.82) is 0 Å². The quantitative estimate of drug-likeness (QED) is 0.0972. The molecule has 11 heteroatoms. The van der Waals surface area contributed by atoms with Gasteiger partial charge in [-0.1, -0.05) is 142 Å². The largest absolute Gasteiger partial charge is 0.281 e. The molecule has 0 fully saturated rings. The highest BCUT2D eigenvalue weighted by Crippen LogP contribution is 2.40. The summed E-state index contributed by atoms with van der Waals surface area (Å²) in [6.07, 6.45) is 0. The average Bonchev–Trinajstić information content (AvgIpc) is 3.41. The summed E-state index contributed by atoms with van der Waals surface area (Å²) in [7, 11) is 0. The Morgan fingerprint density at radius 2 is 0.365 bits per heavy atom. The van der Waals surface area contributed by atoms with Crippen molar-refractivity contribution in [2.75, 3.05) is 19.6 Å². The minimum absolute atomic E-state index is 0.170. The molecule has 8 aromatic carbocycles. The van der Waals surface area contributed by atoms with E-state index in [4.69, 9.17) is 29.9 Å². The van der Waals surface area contributed by atoms with Crippen LogP contribution in [0.1, 0.15) is 61.0 Å². The van der Waals surface area contributed by atoms with Gasteiger partial charge in [0.1, 0.15) is 0 Å². The van der Waals surface area contributed by atoms with Crippen molar-refractivity contribution in [3.05, 3.63) is 250 Å². The van der Waals surface area contributed by atoms with Crippen LogP contribution in [0.2, 0.25) is 0 Å². The predicted molar refractivity (Wildman–Crippen MR) is 300 cm³/mol. The molecule has 74 heavy (non-hydrogen) atoms. The number of hydrogen-bond donors (Lipinski definition) is 0. The van der Waals surface area contributed by atoms with E-state index in [1.54, 1.807) is 0 Å². The van der Waals surface area contributed by atoms with Crippen molar-refractivity contribution in [1.82, 2.24) is 29.9 Å². The number of nitrogens with zero attached hydrogens (tertiary/aromatic N) is 10. The molecular formula is C63H56N10O. The molecule has 364 valence electrons. The fourth-order valence-corrected chi connectivity index (χ4v) is 8.48. The zero-order valence-corrected chi connectivity index (χ0v) is 42.9. The Labute approximate surface area is 433 Å². The lowest BCUT2D eigenvalue weighted by molar-refractivity contribution is 0.101. The number of hydrogen-bond acceptors (Lipinski definition) is 11. The zero-order valence-electron chi connectivity index (χ0n) is 42.9. The van der Waals surface area contributed by atoms with E-state index >= 15 is 4.79 Å². The van der Waals surface area contributed by atoms with Gasteiger partial charge in [0, 0.05) is 45.5 Å². The summed E-state index contributed by atoms with van der Waals surface area (Å²) in [5, 5.41) is 0. The van der Waals surface area contributed by atoms with Crippen LogP contribution in [0.5, 0.6) is 0 Å². The fourth-order valence-electron chi connectivity index (χ4n) is 8.48. The Balaban J connectivity index is 1.25. The van der Waals surface area contributed by atoms with Gasteiger partial charge in [-0.2, -0.15) is 29.9 Å². The van der Waals surface area contributed by atoms with Gasteiger partial charge < -0.3 is 0 Å². The summed E-state index contributed by atoms with van der Waals surface area (Å²) in [4.78, 5) is 54.9. The second kappa shape index (κ2) is 20.8. The highest BCUT2D eigenvalue weighted by Gasteiger charge is 2.30. The number of benzene rings is 8. The van der Waals surface area contributed by atoms with Gasteiger partial charge in [0.05, 0.1) is 0 Å². The van der Waals surface area contributed by atoms with E-state index in [2.05, 4.69) is 0 Å². The van der Waals surface area contributed by atoms with Crippen LogP contribution in [0.4, 0.5) is 69.3 Å². The SMILES string of the molecule is Cc1ccc(N(c2ccc(C)cc2)c2nc(C(=O)c3nc(N(c4ccc(C)cc4)c4ccc(C)cc4)nc(N(c4ccc(C)cc4)c4ccc(C)cc4)n3)nc(N(c3ccc(C)cc3)c3ccc(C)cc3)n2)cc1. The maximum atomic E-state index is 16.0. The highest BCUT2D eigenvalue weighted by molar-refractivity contribution is 6.05. The summed E-state index contributed by atoms with van der Waals surface area (Å²) >= 11 is 0. The molecule has 0 aliphatic heterocycles. The minimum Gasteiger partial charge on any atom is -0.281 e. The Kier molecular flexibility index (Phi) is 13.6. The van der Waals surface area contributed by atoms with Crippen LogP contribution >= 0.6 is 0 Å². The molecule has 10 rings (SSSR count). The molecule has 0 unspecified atom stereocenters. The van der Waals surface area contributed by atoms with Crippen LogP contribution in [0.15, 0.2) is 194 Å². The van der Waals surface area contributed by atoms with E-state index in [-0.39, 0.29) is 35.4 Å². The Bertz CT molecular complexity index is 2920. The molecule has 10 aromatic rings. The number of carbonyl (C=O) groups is 1. The lowest BCUT2D eigenvalue weighted by atomic mass is 10.1. The van der Waals surface area contributed by atoms with Gasteiger partial charge in [-0.25, -0.2) is 0 Å². The zero-order chi connectivity index (χ0) is 51.5. The second-order valence-corrected chi connectivity index (χ2v) is 18.9. The average molecular weight is 969 g/mol. The minimum atomic E-state index is -0.638. The first-order valence-electron chi connectivity index (χ1n) is 24.6. The van der Waals surface area contributed by atoms with Crippen molar-refractivity contribution in [2.45, 2.75) is 55.4 Å². The highest BCUT2D eigenvalue weighted by atomic mass is 16.1. The number of ketones is 1. The van der Waals surface area contributed by atoms with Crippen molar-refractivity contribution in [3.8, 4) is 0 Å². The van der Waals surface area contributed by atoms with Gasteiger partial charge in [-0.05, 0) is 152 Å². The first-order chi connectivity index (χ1) is 35.8. The van der Waals surface area contributed by atoms with Gasteiger partial charge in [0.15, 0.2) is 0 Å². The molecule has 0 spiro atoms. The van der Waals surface area contributed by atoms with Gasteiger partial charge in [0.2, 0.25) is 35.4 Å². The van der Waals surface area contributed by atoms with Gasteiger partial charge >= 0.3 is 0 Å². The molecule has 0 saturated carbocycles. The van der Waals surface area contributed by atoms with E-state index < -0.39 is 5.78 Å².